The van der Waals surface area contributed by atoms with Crippen LogP contribution in [-0.4, -0.2) is 42.1 Å². The summed E-state index contributed by atoms with van der Waals surface area (Å²) in [5, 5.41) is 2.87. The number of nitrogens with zero attached hydrogens (tertiary/aromatic N) is 1. The van der Waals surface area contributed by atoms with Crippen LogP contribution in [0.25, 0.3) is 0 Å². The van der Waals surface area contributed by atoms with Crippen LogP contribution in [0.3, 0.4) is 0 Å². The lowest BCUT2D eigenvalue weighted by Gasteiger charge is -2.35. The highest BCUT2D eigenvalue weighted by Gasteiger charge is 2.37. The van der Waals surface area contributed by atoms with Gasteiger partial charge >= 0.3 is 12.1 Å². The van der Waals surface area contributed by atoms with Crippen LogP contribution >= 0.6 is 0 Å². The topological polar surface area (TPSA) is 84.9 Å². The van der Waals surface area contributed by atoms with E-state index in [9.17, 15) is 14.4 Å². The average molecular weight is 495 g/mol. The van der Waals surface area contributed by atoms with Crippen LogP contribution in [0.2, 0.25) is 0 Å². The first-order valence-corrected chi connectivity index (χ1v) is 13.0. The number of unbranched alkanes of at least 4 members (excludes halogenated alkanes) is 5. The SMILES string of the molecule is CCCCCCCC[C@@H](NC(=O)[C@@H]1Cc2ccccc2CN1C(=O)OCc1ccccc1)C(=O)OC. The summed E-state index contributed by atoms with van der Waals surface area (Å²) in [5.74, 6) is -0.839. The van der Waals surface area contributed by atoms with Gasteiger partial charge < -0.3 is 14.8 Å². The molecule has 0 aliphatic carbocycles. The summed E-state index contributed by atoms with van der Waals surface area (Å²) in [6.07, 6.45) is 6.78. The molecule has 1 aliphatic heterocycles. The third-order valence-electron chi connectivity index (χ3n) is 6.64. The smallest absolute Gasteiger partial charge is 0.411 e. The summed E-state index contributed by atoms with van der Waals surface area (Å²) in [4.78, 5) is 40.4. The number of hydrogen-bond acceptors (Lipinski definition) is 5. The van der Waals surface area contributed by atoms with E-state index in [4.69, 9.17) is 9.47 Å². The number of fused-ring (bicyclic) bond motifs is 1. The number of ether oxygens (including phenoxy) is 2. The van der Waals surface area contributed by atoms with E-state index >= 15 is 0 Å². The van der Waals surface area contributed by atoms with Crippen LogP contribution in [0.4, 0.5) is 4.79 Å². The molecule has 1 N–H and O–H groups in total. The van der Waals surface area contributed by atoms with Gasteiger partial charge in [0.05, 0.1) is 13.7 Å². The van der Waals surface area contributed by atoms with E-state index in [0.29, 0.717) is 12.8 Å². The molecule has 0 radical (unpaired) electrons. The summed E-state index contributed by atoms with van der Waals surface area (Å²) >= 11 is 0. The Morgan fingerprint density at radius 2 is 1.61 bits per heavy atom. The summed E-state index contributed by atoms with van der Waals surface area (Å²) < 4.78 is 10.5. The fraction of sp³-hybridized carbons (Fsp3) is 0.483. The Morgan fingerprint density at radius 3 is 2.33 bits per heavy atom. The highest BCUT2D eigenvalue weighted by atomic mass is 16.6. The Labute approximate surface area is 214 Å². The predicted molar refractivity (Wildman–Crippen MR) is 138 cm³/mol. The monoisotopic (exact) mass is 494 g/mol. The fourth-order valence-electron chi connectivity index (χ4n) is 4.54. The summed E-state index contributed by atoms with van der Waals surface area (Å²) in [7, 11) is 1.33. The van der Waals surface area contributed by atoms with Crippen LogP contribution in [0.15, 0.2) is 54.6 Å². The van der Waals surface area contributed by atoms with E-state index in [1.54, 1.807) is 0 Å². The number of carbonyl (C=O) groups is 3. The van der Waals surface area contributed by atoms with Crippen molar-refractivity contribution in [2.75, 3.05) is 7.11 Å². The number of hydrogen-bond donors (Lipinski definition) is 1. The molecule has 1 heterocycles. The molecule has 0 bridgehead atoms. The van der Waals surface area contributed by atoms with Gasteiger partial charge in [-0.1, -0.05) is 100 Å². The Hall–Kier alpha value is -3.35. The number of rotatable bonds is 12. The highest BCUT2D eigenvalue weighted by Crippen LogP contribution is 2.25. The Morgan fingerprint density at radius 1 is 0.944 bits per heavy atom. The molecule has 0 saturated heterocycles. The predicted octanol–water partition coefficient (Wildman–Crippen LogP) is 5.16. The summed E-state index contributed by atoms with van der Waals surface area (Å²) in [6, 6.07) is 15.7. The van der Waals surface area contributed by atoms with Crippen molar-refractivity contribution in [3.63, 3.8) is 0 Å². The van der Waals surface area contributed by atoms with Crippen molar-refractivity contribution >= 4 is 18.0 Å². The zero-order chi connectivity index (χ0) is 25.8. The molecule has 2 aromatic rings. The number of methoxy groups -OCH3 is 1. The lowest BCUT2D eigenvalue weighted by Crippen LogP contribution is -2.55. The molecule has 36 heavy (non-hydrogen) atoms. The van der Waals surface area contributed by atoms with E-state index in [1.165, 1.54) is 31.3 Å². The molecular weight excluding hydrogens is 456 g/mol. The number of amides is 2. The second-order valence-corrected chi connectivity index (χ2v) is 9.30. The lowest BCUT2D eigenvalue weighted by molar-refractivity contribution is -0.146. The standard InChI is InChI=1S/C29H38N2O5/c1-3-4-5-6-7-11-18-25(28(33)35-2)30-27(32)26-19-23-16-12-13-17-24(23)20-31(26)29(34)36-21-22-14-9-8-10-15-22/h8-10,12-17,25-26H,3-7,11,18-21H2,1-2H3,(H,30,32)/t25-,26+/m1/s1. The maximum Gasteiger partial charge on any atom is 0.411 e. The van der Waals surface area contributed by atoms with Crippen LogP contribution in [-0.2, 0) is 38.6 Å². The second kappa shape index (κ2) is 14.3. The molecule has 2 amide bonds. The maximum atomic E-state index is 13.4. The van der Waals surface area contributed by atoms with Crippen LogP contribution in [0, 0.1) is 0 Å². The van der Waals surface area contributed by atoms with Gasteiger partial charge in [-0.25, -0.2) is 9.59 Å². The Balaban J connectivity index is 1.68. The van der Waals surface area contributed by atoms with Gasteiger partial charge in [0, 0.05) is 6.42 Å². The molecule has 0 unspecified atom stereocenters. The largest absolute Gasteiger partial charge is 0.467 e. The van der Waals surface area contributed by atoms with Crippen LogP contribution < -0.4 is 5.32 Å². The Bertz CT molecular complexity index is 994. The summed E-state index contributed by atoms with van der Waals surface area (Å²) in [6.45, 7) is 2.56. The molecule has 3 rings (SSSR count). The van der Waals surface area contributed by atoms with Crippen molar-refractivity contribution in [1.82, 2.24) is 10.2 Å². The van der Waals surface area contributed by atoms with Crippen molar-refractivity contribution in [3.8, 4) is 0 Å². The van der Waals surface area contributed by atoms with Crippen molar-refractivity contribution < 1.29 is 23.9 Å². The maximum absolute atomic E-state index is 13.4. The average Bonchev–Trinajstić information content (AvgIpc) is 2.92. The first-order chi connectivity index (χ1) is 17.5. The van der Waals surface area contributed by atoms with E-state index in [0.717, 1.165) is 36.0 Å². The lowest BCUT2D eigenvalue weighted by atomic mass is 9.93. The van der Waals surface area contributed by atoms with Crippen LogP contribution in [0.5, 0.6) is 0 Å². The zero-order valence-corrected chi connectivity index (χ0v) is 21.4. The molecule has 0 saturated carbocycles. The van der Waals surface area contributed by atoms with Crippen molar-refractivity contribution in [2.24, 2.45) is 0 Å². The van der Waals surface area contributed by atoms with Crippen LogP contribution in [0.1, 0.15) is 68.6 Å². The minimum absolute atomic E-state index is 0.120. The van der Waals surface area contributed by atoms with Crippen molar-refractivity contribution in [3.05, 3.63) is 71.3 Å². The van der Waals surface area contributed by atoms with E-state index in [1.807, 2.05) is 54.6 Å². The Kier molecular flexibility index (Phi) is 10.8. The molecule has 0 aromatic heterocycles. The van der Waals surface area contributed by atoms with Crippen molar-refractivity contribution in [2.45, 2.75) is 83.5 Å². The zero-order valence-electron chi connectivity index (χ0n) is 21.4. The van der Waals surface area contributed by atoms with Gasteiger partial charge in [-0.15, -0.1) is 0 Å². The molecule has 0 fully saturated rings. The van der Waals surface area contributed by atoms with E-state index in [-0.39, 0.29) is 19.1 Å². The molecular formula is C29H38N2O5. The molecule has 0 spiro atoms. The molecule has 2 atom stereocenters. The number of carbonyl (C=O) groups excluding carboxylic acids is 3. The highest BCUT2D eigenvalue weighted by molar-refractivity contribution is 5.90. The van der Waals surface area contributed by atoms with Gasteiger partial charge in [0.15, 0.2) is 0 Å². The first kappa shape index (κ1) is 27.2. The molecule has 7 heteroatoms. The quantitative estimate of drug-likeness (QED) is 0.325. The second-order valence-electron chi connectivity index (χ2n) is 9.30. The van der Waals surface area contributed by atoms with Crippen molar-refractivity contribution in [1.29, 1.82) is 0 Å². The van der Waals surface area contributed by atoms with Gasteiger partial charge in [0.25, 0.3) is 0 Å². The first-order valence-electron chi connectivity index (χ1n) is 13.0. The van der Waals surface area contributed by atoms with E-state index < -0.39 is 24.1 Å². The van der Waals surface area contributed by atoms with Gasteiger partial charge in [-0.2, -0.15) is 0 Å². The van der Waals surface area contributed by atoms with Gasteiger partial charge in [0.1, 0.15) is 18.7 Å². The van der Waals surface area contributed by atoms with Gasteiger partial charge in [-0.3, -0.25) is 9.69 Å². The fourth-order valence-corrected chi connectivity index (χ4v) is 4.54. The molecule has 7 nitrogen and oxygen atoms in total. The van der Waals surface area contributed by atoms with Gasteiger partial charge in [0.2, 0.25) is 5.91 Å². The third-order valence-corrected chi connectivity index (χ3v) is 6.64. The number of benzene rings is 2. The molecule has 2 aromatic carbocycles. The summed E-state index contributed by atoms with van der Waals surface area (Å²) in [5.41, 5.74) is 2.86. The minimum atomic E-state index is -0.778. The third kappa shape index (κ3) is 7.83. The number of esters is 1. The molecule has 194 valence electrons. The minimum Gasteiger partial charge on any atom is -0.467 e. The molecule has 1 aliphatic rings. The van der Waals surface area contributed by atoms with Gasteiger partial charge in [-0.05, 0) is 23.1 Å². The van der Waals surface area contributed by atoms with E-state index in [2.05, 4.69) is 12.2 Å². The number of nitrogens with one attached hydrogen (secondary N) is 1. The normalized spacial score (nSPS) is 15.5.